The monoisotopic (exact) mass is 730 g/mol. The van der Waals surface area contributed by atoms with E-state index in [-0.39, 0.29) is 5.41 Å². The molecule has 2 heteroatoms. The van der Waals surface area contributed by atoms with Crippen molar-refractivity contribution in [1.82, 2.24) is 0 Å². The minimum atomic E-state index is -0.262. The van der Waals surface area contributed by atoms with Gasteiger partial charge in [0.05, 0.1) is 11.4 Å². The molecule has 0 fully saturated rings. The van der Waals surface area contributed by atoms with Gasteiger partial charge in [-0.05, 0) is 121 Å². The van der Waals surface area contributed by atoms with Crippen molar-refractivity contribution in [3.63, 3.8) is 0 Å². The van der Waals surface area contributed by atoms with Crippen molar-refractivity contribution in [3.05, 3.63) is 223 Å². The number of nitrogens with zero attached hydrogens (tertiary/aromatic N) is 2. The van der Waals surface area contributed by atoms with Gasteiger partial charge in [-0.15, -0.1) is 0 Å². The van der Waals surface area contributed by atoms with Crippen molar-refractivity contribution in [1.29, 1.82) is 0 Å². The number of hydrogen-bond donors (Lipinski definition) is 0. The van der Waals surface area contributed by atoms with Crippen LogP contribution >= 0.6 is 0 Å². The number of hydrogen-bond acceptors (Lipinski definition) is 2. The SMILES string of the molecule is C=CC=Cc1cc2ccccc2cc1N(c1ccccc1)c1ccc2c(c1)C(C)(C)c1cc(N(c3ccccc3)c3cc4ccccc4c4ccccc34)ccc1-2. The van der Waals surface area contributed by atoms with E-state index >= 15 is 0 Å². The van der Waals surface area contributed by atoms with Gasteiger partial charge in [-0.3, -0.25) is 0 Å². The summed E-state index contributed by atoms with van der Waals surface area (Å²) < 4.78 is 0. The van der Waals surface area contributed by atoms with Crippen LogP contribution in [0.1, 0.15) is 30.5 Å². The molecule has 0 unspecified atom stereocenters. The summed E-state index contributed by atoms with van der Waals surface area (Å²) in [6, 6.07) is 68.7. The van der Waals surface area contributed by atoms with E-state index in [0.717, 1.165) is 34.0 Å². The lowest BCUT2D eigenvalue weighted by atomic mass is 9.82. The second-order valence-electron chi connectivity index (χ2n) is 15.4. The maximum atomic E-state index is 3.98. The molecule has 0 aromatic heterocycles. The van der Waals surface area contributed by atoms with Gasteiger partial charge in [-0.1, -0.05) is 160 Å². The van der Waals surface area contributed by atoms with Gasteiger partial charge in [0.15, 0.2) is 0 Å². The molecule has 57 heavy (non-hydrogen) atoms. The number of benzene rings is 9. The molecule has 0 bridgehead atoms. The summed E-state index contributed by atoms with van der Waals surface area (Å²) in [5.41, 5.74) is 12.9. The highest BCUT2D eigenvalue weighted by molar-refractivity contribution is 6.14. The van der Waals surface area contributed by atoms with E-state index in [0.29, 0.717) is 0 Å². The fraction of sp³-hybridized carbons (Fsp3) is 0.0545. The van der Waals surface area contributed by atoms with Crippen LogP contribution in [0.25, 0.3) is 49.5 Å². The minimum Gasteiger partial charge on any atom is -0.310 e. The molecule has 10 rings (SSSR count). The van der Waals surface area contributed by atoms with Gasteiger partial charge in [0, 0.05) is 33.6 Å². The number of para-hydroxylation sites is 2. The maximum Gasteiger partial charge on any atom is 0.0546 e. The zero-order valence-electron chi connectivity index (χ0n) is 32.2. The van der Waals surface area contributed by atoms with Crippen LogP contribution in [0.15, 0.2) is 207 Å². The molecule has 272 valence electrons. The Morgan fingerprint density at radius 2 is 0.895 bits per heavy atom. The molecule has 2 nitrogen and oxygen atoms in total. The van der Waals surface area contributed by atoms with E-state index in [9.17, 15) is 0 Å². The molecule has 9 aromatic rings. The van der Waals surface area contributed by atoms with Gasteiger partial charge in [-0.25, -0.2) is 0 Å². The molecule has 0 saturated carbocycles. The average molecular weight is 731 g/mol. The van der Waals surface area contributed by atoms with Crippen LogP contribution in [-0.2, 0) is 5.41 Å². The highest BCUT2D eigenvalue weighted by atomic mass is 15.1. The molecule has 1 aliphatic rings. The molecule has 0 spiro atoms. The molecule has 1 aliphatic carbocycles. The molecule has 9 aromatic carbocycles. The molecule has 0 saturated heterocycles. The predicted octanol–water partition coefficient (Wildman–Crippen LogP) is 15.6. The Balaban J connectivity index is 1.13. The Kier molecular flexibility index (Phi) is 8.34. The summed E-state index contributed by atoms with van der Waals surface area (Å²) in [5, 5.41) is 7.39. The topological polar surface area (TPSA) is 6.48 Å². The van der Waals surface area contributed by atoms with Gasteiger partial charge >= 0.3 is 0 Å². The summed E-state index contributed by atoms with van der Waals surface area (Å²) in [6.45, 7) is 8.74. The third kappa shape index (κ3) is 5.81. The lowest BCUT2D eigenvalue weighted by molar-refractivity contribution is 0.660. The van der Waals surface area contributed by atoms with Crippen LogP contribution in [-0.4, -0.2) is 0 Å². The summed E-state index contributed by atoms with van der Waals surface area (Å²) in [5.74, 6) is 0. The van der Waals surface area contributed by atoms with E-state index in [1.54, 1.807) is 0 Å². The van der Waals surface area contributed by atoms with Gasteiger partial charge in [0.1, 0.15) is 0 Å². The summed E-state index contributed by atoms with van der Waals surface area (Å²) in [4.78, 5) is 4.84. The van der Waals surface area contributed by atoms with Crippen LogP contribution < -0.4 is 9.80 Å². The van der Waals surface area contributed by atoms with Crippen LogP contribution in [0.5, 0.6) is 0 Å². The molecular weight excluding hydrogens is 689 g/mol. The van der Waals surface area contributed by atoms with Crippen molar-refractivity contribution >= 4 is 72.5 Å². The first-order valence-electron chi connectivity index (χ1n) is 19.7. The smallest absolute Gasteiger partial charge is 0.0546 e. The first-order valence-corrected chi connectivity index (χ1v) is 19.7. The second kappa shape index (κ2) is 13.8. The number of rotatable bonds is 8. The Labute approximate surface area is 334 Å². The highest BCUT2D eigenvalue weighted by Gasteiger charge is 2.37. The van der Waals surface area contributed by atoms with Crippen molar-refractivity contribution in [3.8, 4) is 11.1 Å². The van der Waals surface area contributed by atoms with Crippen molar-refractivity contribution in [2.24, 2.45) is 0 Å². The summed E-state index contributed by atoms with van der Waals surface area (Å²) in [7, 11) is 0. The molecule has 0 aliphatic heterocycles. The molecule has 0 amide bonds. The maximum absolute atomic E-state index is 3.98. The highest BCUT2D eigenvalue weighted by Crippen LogP contribution is 2.53. The van der Waals surface area contributed by atoms with Gasteiger partial charge < -0.3 is 9.80 Å². The molecule has 0 heterocycles. The lowest BCUT2D eigenvalue weighted by Gasteiger charge is -2.30. The predicted molar refractivity (Wildman–Crippen MR) is 245 cm³/mol. The second-order valence-corrected chi connectivity index (χ2v) is 15.4. The lowest BCUT2D eigenvalue weighted by Crippen LogP contribution is -2.18. The Bertz CT molecular complexity index is 3010. The third-order valence-corrected chi connectivity index (χ3v) is 11.7. The minimum absolute atomic E-state index is 0.262. The van der Waals surface area contributed by atoms with Crippen molar-refractivity contribution < 1.29 is 0 Å². The van der Waals surface area contributed by atoms with E-state index in [1.807, 2.05) is 12.2 Å². The third-order valence-electron chi connectivity index (χ3n) is 11.7. The first-order chi connectivity index (χ1) is 28.0. The van der Waals surface area contributed by atoms with Crippen LogP contribution in [0.3, 0.4) is 0 Å². The molecular formula is C55H42N2. The summed E-state index contributed by atoms with van der Waals surface area (Å²) in [6.07, 6.45) is 6.03. The van der Waals surface area contributed by atoms with E-state index in [2.05, 4.69) is 224 Å². The number of allylic oxidation sites excluding steroid dienone is 2. The first kappa shape index (κ1) is 34.3. The van der Waals surface area contributed by atoms with E-state index in [1.165, 1.54) is 60.3 Å². The van der Waals surface area contributed by atoms with Crippen LogP contribution in [0.2, 0.25) is 0 Å². The Hall–Kier alpha value is -7.16. The van der Waals surface area contributed by atoms with Crippen LogP contribution in [0.4, 0.5) is 34.1 Å². The summed E-state index contributed by atoms with van der Waals surface area (Å²) >= 11 is 0. The van der Waals surface area contributed by atoms with Crippen molar-refractivity contribution in [2.45, 2.75) is 19.3 Å². The normalized spacial score (nSPS) is 12.9. The fourth-order valence-corrected chi connectivity index (χ4v) is 8.96. The molecule has 0 atom stereocenters. The van der Waals surface area contributed by atoms with Crippen molar-refractivity contribution in [2.75, 3.05) is 9.80 Å². The Morgan fingerprint density at radius 3 is 1.49 bits per heavy atom. The zero-order valence-corrected chi connectivity index (χ0v) is 32.2. The molecule has 0 N–H and O–H groups in total. The quantitative estimate of drug-likeness (QED) is 0.113. The van der Waals surface area contributed by atoms with Gasteiger partial charge in [-0.2, -0.15) is 0 Å². The molecule has 0 radical (unpaired) electrons. The standard InChI is InChI=1S/C55H42N2/c1-4-5-18-41-33-38-19-12-13-20-39(38)34-53(41)56(42-22-8-6-9-23-42)44-29-31-48-49-32-30-45(37-52(49)55(2,3)51(48)36-44)57(43-24-10-7-11-25-43)54-35-40-21-14-15-26-46(40)47-27-16-17-28-50(47)54/h4-37H,1H2,2-3H3. The van der Waals surface area contributed by atoms with Crippen LogP contribution in [0, 0.1) is 0 Å². The number of fused-ring (bicyclic) bond motifs is 7. The van der Waals surface area contributed by atoms with Gasteiger partial charge in [0.25, 0.3) is 0 Å². The van der Waals surface area contributed by atoms with Gasteiger partial charge in [0.2, 0.25) is 0 Å². The fourth-order valence-electron chi connectivity index (χ4n) is 8.96. The number of anilines is 6. The zero-order chi connectivity index (χ0) is 38.5. The van der Waals surface area contributed by atoms with E-state index < -0.39 is 0 Å². The average Bonchev–Trinajstić information content (AvgIpc) is 3.48. The largest absolute Gasteiger partial charge is 0.310 e. The Morgan fingerprint density at radius 1 is 0.421 bits per heavy atom. The van der Waals surface area contributed by atoms with E-state index in [4.69, 9.17) is 0 Å².